The molecular formula is C24H25F4N5S. The van der Waals surface area contributed by atoms with Gasteiger partial charge in [0.15, 0.2) is 0 Å². The highest BCUT2D eigenvalue weighted by molar-refractivity contribution is 8.00. The van der Waals surface area contributed by atoms with Crippen LogP contribution in [0.25, 0.3) is 11.3 Å². The number of hydrogen-bond acceptors (Lipinski definition) is 6. The number of alkyl halides is 3. The van der Waals surface area contributed by atoms with Crippen molar-refractivity contribution < 1.29 is 17.6 Å². The van der Waals surface area contributed by atoms with Crippen molar-refractivity contribution in [1.29, 1.82) is 0 Å². The van der Waals surface area contributed by atoms with E-state index in [0.29, 0.717) is 22.7 Å². The Hall–Kier alpha value is -2.85. The molecule has 34 heavy (non-hydrogen) atoms. The molecule has 4 rings (SSSR count). The van der Waals surface area contributed by atoms with Crippen molar-refractivity contribution >= 4 is 23.6 Å². The van der Waals surface area contributed by atoms with E-state index in [1.165, 1.54) is 18.2 Å². The van der Waals surface area contributed by atoms with Gasteiger partial charge in [0, 0.05) is 42.7 Å². The molecule has 2 atom stereocenters. The number of pyridine rings is 2. The van der Waals surface area contributed by atoms with E-state index in [1.807, 2.05) is 18.2 Å². The van der Waals surface area contributed by atoms with Crippen LogP contribution in [0.3, 0.4) is 0 Å². The summed E-state index contributed by atoms with van der Waals surface area (Å²) in [4.78, 5) is 11.1. The first kappa shape index (κ1) is 24.3. The maximum Gasteiger partial charge on any atom is 0.418 e. The molecule has 0 radical (unpaired) electrons. The number of piperazine rings is 1. The molecule has 1 aliphatic heterocycles. The molecule has 1 aliphatic rings. The molecule has 0 bridgehead atoms. The Labute approximate surface area is 200 Å². The molecule has 3 heterocycles. The van der Waals surface area contributed by atoms with E-state index in [-0.39, 0.29) is 17.1 Å². The molecule has 1 fully saturated rings. The summed E-state index contributed by atoms with van der Waals surface area (Å²) in [6.07, 6.45) is -4.62. The van der Waals surface area contributed by atoms with Crippen molar-refractivity contribution in [1.82, 2.24) is 15.3 Å². The van der Waals surface area contributed by atoms with Gasteiger partial charge < -0.3 is 14.9 Å². The second kappa shape index (κ2) is 9.79. The van der Waals surface area contributed by atoms with E-state index in [1.54, 1.807) is 6.92 Å². The van der Waals surface area contributed by atoms with Crippen molar-refractivity contribution in [2.75, 3.05) is 22.7 Å². The highest BCUT2D eigenvalue weighted by atomic mass is 32.2. The minimum absolute atomic E-state index is 0.100. The monoisotopic (exact) mass is 491 g/mol. The second-order valence-electron chi connectivity index (χ2n) is 8.46. The fourth-order valence-electron chi connectivity index (χ4n) is 4.05. The first-order valence-corrected chi connectivity index (χ1v) is 11.7. The molecule has 0 saturated carbocycles. The third-order valence-electron chi connectivity index (χ3n) is 5.51. The molecule has 1 aromatic carbocycles. The average Bonchev–Trinajstić information content (AvgIpc) is 2.78. The van der Waals surface area contributed by atoms with Crippen molar-refractivity contribution in [3.05, 3.63) is 65.5 Å². The van der Waals surface area contributed by atoms with Gasteiger partial charge >= 0.3 is 6.18 Å². The number of benzene rings is 1. The smallest absolute Gasteiger partial charge is 0.353 e. The number of halogens is 4. The number of aryl methyl sites for hydroxylation is 1. The number of nitrogens with zero attached hydrogens (tertiary/aromatic N) is 3. The number of hydrogen-bond donors (Lipinski definition) is 2. The summed E-state index contributed by atoms with van der Waals surface area (Å²) < 4.78 is 57.7. The molecular weight excluding hydrogens is 466 g/mol. The third kappa shape index (κ3) is 5.61. The van der Waals surface area contributed by atoms with Gasteiger partial charge in [-0.2, -0.15) is 13.2 Å². The van der Waals surface area contributed by atoms with Crippen LogP contribution in [0.5, 0.6) is 0 Å². The molecule has 3 aromatic rings. The third-order valence-corrected chi connectivity index (χ3v) is 6.25. The zero-order chi connectivity index (χ0) is 24.5. The van der Waals surface area contributed by atoms with E-state index in [2.05, 4.69) is 38.8 Å². The lowest BCUT2D eigenvalue weighted by atomic mass is 10.0. The maximum absolute atomic E-state index is 13.8. The largest absolute Gasteiger partial charge is 0.418 e. The summed E-state index contributed by atoms with van der Waals surface area (Å²) >= 11 is 1.16. The minimum Gasteiger partial charge on any atom is -0.353 e. The fourth-order valence-corrected chi connectivity index (χ4v) is 4.66. The van der Waals surface area contributed by atoms with Crippen LogP contribution in [0.15, 0.2) is 53.6 Å². The summed E-state index contributed by atoms with van der Waals surface area (Å²) in [6.45, 7) is 7.53. The zero-order valence-corrected chi connectivity index (χ0v) is 19.8. The van der Waals surface area contributed by atoms with Crippen LogP contribution < -0.4 is 14.9 Å². The van der Waals surface area contributed by atoms with Gasteiger partial charge in [0.25, 0.3) is 0 Å². The van der Waals surface area contributed by atoms with Crippen LogP contribution in [0.1, 0.15) is 25.0 Å². The van der Waals surface area contributed by atoms with Gasteiger partial charge in [0.1, 0.15) is 22.5 Å². The molecule has 2 unspecified atom stereocenters. The number of anilines is 2. The molecule has 2 aromatic heterocycles. The van der Waals surface area contributed by atoms with Crippen LogP contribution in [0.4, 0.5) is 29.2 Å². The number of rotatable bonds is 5. The van der Waals surface area contributed by atoms with Crippen molar-refractivity contribution in [2.24, 2.45) is 0 Å². The Bertz CT molecular complexity index is 1160. The molecule has 5 nitrogen and oxygen atoms in total. The van der Waals surface area contributed by atoms with Gasteiger partial charge in [-0.25, -0.2) is 14.4 Å². The summed E-state index contributed by atoms with van der Waals surface area (Å²) in [6, 6.07) is 12.3. The van der Waals surface area contributed by atoms with Gasteiger partial charge in [-0.1, -0.05) is 12.1 Å². The number of aromatic nitrogens is 2. The van der Waals surface area contributed by atoms with Gasteiger partial charge in [0.2, 0.25) is 0 Å². The highest BCUT2D eigenvalue weighted by Gasteiger charge is 2.35. The fraction of sp³-hybridized carbons (Fsp3) is 0.333. The summed E-state index contributed by atoms with van der Waals surface area (Å²) in [5.74, 6) is 0.428. The molecule has 1 saturated heterocycles. The van der Waals surface area contributed by atoms with Gasteiger partial charge in [-0.3, -0.25) is 0 Å². The van der Waals surface area contributed by atoms with Crippen LogP contribution in [0, 0.1) is 12.7 Å². The molecule has 2 N–H and O–H groups in total. The van der Waals surface area contributed by atoms with Crippen molar-refractivity contribution in [2.45, 2.75) is 44.1 Å². The molecule has 10 heteroatoms. The molecule has 0 aliphatic carbocycles. The molecule has 180 valence electrons. The lowest BCUT2D eigenvalue weighted by Crippen LogP contribution is -2.54. The SMILES string of the molecule is Cc1ccc(F)cc1-c1nc(NSc2cccc(N3CC(C)NC(C)C3)n2)ccc1C(F)(F)F. The van der Waals surface area contributed by atoms with Crippen molar-refractivity contribution in [3.8, 4) is 11.3 Å². The van der Waals surface area contributed by atoms with Gasteiger partial charge in [0.05, 0.1) is 11.3 Å². The highest BCUT2D eigenvalue weighted by Crippen LogP contribution is 2.38. The molecule has 0 amide bonds. The summed E-state index contributed by atoms with van der Waals surface area (Å²) in [5, 5.41) is 4.14. The standard InChI is InChI=1S/C24H25F4N5S/c1-14-7-8-17(25)11-18(14)23-19(24(26,27)28)9-10-20(30-23)32-34-22-6-4-5-21(31-22)33-12-15(2)29-16(3)13-33/h4-11,15-16,29H,12-13H2,1-3H3,(H,30,32). The molecule has 0 spiro atoms. The lowest BCUT2D eigenvalue weighted by molar-refractivity contribution is -0.137. The number of nitrogens with one attached hydrogen (secondary N) is 2. The van der Waals surface area contributed by atoms with E-state index in [0.717, 1.165) is 43.0 Å². The van der Waals surface area contributed by atoms with E-state index < -0.39 is 17.6 Å². The van der Waals surface area contributed by atoms with Crippen LogP contribution in [0.2, 0.25) is 0 Å². The van der Waals surface area contributed by atoms with E-state index in [9.17, 15) is 17.6 Å². The van der Waals surface area contributed by atoms with Crippen molar-refractivity contribution in [3.63, 3.8) is 0 Å². The maximum atomic E-state index is 13.8. The first-order valence-electron chi connectivity index (χ1n) is 10.9. The lowest BCUT2D eigenvalue weighted by Gasteiger charge is -2.37. The Morgan fingerprint density at radius 2 is 1.76 bits per heavy atom. The summed E-state index contributed by atoms with van der Waals surface area (Å²) in [7, 11) is 0. The summed E-state index contributed by atoms with van der Waals surface area (Å²) in [5.41, 5.74) is -0.638. The predicted molar refractivity (Wildman–Crippen MR) is 127 cm³/mol. The van der Waals surface area contributed by atoms with Gasteiger partial charge in [-0.05, 0) is 62.7 Å². The van der Waals surface area contributed by atoms with E-state index in [4.69, 9.17) is 0 Å². The second-order valence-corrected chi connectivity index (χ2v) is 9.29. The van der Waals surface area contributed by atoms with Gasteiger partial charge in [-0.15, -0.1) is 0 Å². The normalized spacial score (nSPS) is 18.7. The Morgan fingerprint density at radius 1 is 1.03 bits per heavy atom. The predicted octanol–water partition coefficient (Wildman–Crippen LogP) is 5.92. The zero-order valence-electron chi connectivity index (χ0n) is 18.9. The Kier molecular flexibility index (Phi) is 6.99. The van der Waals surface area contributed by atoms with Crippen LogP contribution in [-0.2, 0) is 6.18 Å². The quantitative estimate of drug-likeness (QED) is 0.342. The first-order chi connectivity index (χ1) is 16.1. The van der Waals surface area contributed by atoms with Crippen LogP contribution >= 0.6 is 11.9 Å². The average molecular weight is 492 g/mol. The minimum atomic E-state index is -4.62. The van der Waals surface area contributed by atoms with Crippen LogP contribution in [-0.4, -0.2) is 35.1 Å². The Morgan fingerprint density at radius 3 is 2.47 bits per heavy atom. The van der Waals surface area contributed by atoms with E-state index >= 15 is 0 Å². The Balaban J connectivity index is 1.58. The topological polar surface area (TPSA) is 53.1 Å².